The Morgan fingerprint density at radius 2 is 1.46 bits per heavy atom. The summed E-state index contributed by atoms with van der Waals surface area (Å²) in [5.41, 5.74) is 5.28. The summed E-state index contributed by atoms with van der Waals surface area (Å²) in [5, 5.41) is 0. The van der Waals surface area contributed by atoms with Gasteiger partial charge in [0, 0.05) is 29.9 Å². The number of carbonyl (C=O) groups is 1. The standard InChI is InChI=1S/C33H30N2O4/c1-24-31(34-32(39-24)25-11-5-3-6-12-25)21-22-38-29-19-17-28(18-20-29)35(27-14-7-4-8-15-27)23-26-13-9-10-16-30(26)33(36)37-2/h3-20H,21-23H2,1-2H3. The van der Waals surface area contributed by atoms with Gasteiger partial charge in [-0.25, -0.2) is 9.78 Å². The molecule has 0 saturated carbocycles. The van der Waals surface area contributed by atoms with Crippen molar-refractivity contribution in [1.82, 2.24) is 4.98 Å². The molecule has 1 aromatic heterocycles. The number of ether oxygens (including phenoxy) is 2. The molecule has 0 fully saturated rings. The van der Waals surface area contributed by atoms with Crippen LogP contribution in [-0.4, -0.2) is 24.7 Å². The minimum atomic E-state index is -0.347. The first-order valence-corrected chi connectivity index (χ1v) is 12.9. The molecule has 0 amide bonds. The van der Waals surface area contributed by atoms with E-state index in [-0.39, 0.29) is 5.97 Å². The molecule has 0 bridgehead atoms. The topological polar surface area (TPSA) is 64.8 Å². The maximum Gasteiger partial charge on any atom is 0.338 e. The van der Waals surface area contributed by atoms with Crippen molar-refractivity contribution in [3.63, 3.8) is 0 Å². The van der Waals surface area contributed by atoms with E-state index in [1.54, 1.807) is 6.07 Å². The van der Waals surface area contributed by atoms with Gasteiger partial charge in [0.2, 0.25) is 5.89 Å². The summed E-state index contributed by atoms with van der Waals surface area (Å²) < 4.78 is 16.9. The minimum absolute atomic E-state index is 0.347. The summed E-state index contributed by atoms with van der Waals surface area (Å²) in [7, 11) is 1.40. The SMILES string of the molecule is COC(=O)c1ccccc1CN(c1ccccc1)c1ccc(OCCc2nc(-c3ccccc3)oc2C)cc1. The third-order valence-electron chi connectivity index (χ3n) is 6.49. The molecule has 196 valence electrons. The van der Waals surface area contributed by atoms with E-state index in [0.29, 0.717) is 31.0 Å². The summed E-state index contributed by atoms with van der Waals surface area (Å²) >= 11 is 0. The fourth-order valence-electron chi connectivity index (χ4n) is 4.43. The Morgan fingerprint density at radius 1 is 0.821 bits per heavy atom. The molecular weight excluding hydrogens is 488 g/mol. The number of rotatable bonds is 10. The maximum atomic E-state index is 12.4. The van der Waals surface area contributed by atoms with Gasteiger partial charge in [-0.2, -0.15) is 0 Å². The average Bonchev–Trinajstić information content (AvgIpc) is 3.37. The van der Waals surface area contributed by atoms with E-state index >= 15 is 0 Å². The van der Waals surface area contributed by atoms with Gasteiger partial charge in [0.15, 0.2) is 0 Å². The monoisotopic (exact) mass is 518 g/mol. The number of methoxy groups -OCH3 is 1. The molecule has 6 heteroatoms. The van der Waals surface area contributed by atoms with Crippen molar-refractivity contribution in [3.8, 4) is 17.2 Å². The predicted molar refractivity (Wildman–Crippen MR) is 152 cm³/mol. The Balaban J connectivity index is 1.29. The van der Waals surface area contributed by atoms with Crippen LogP contribution in [0.1, 0.15) is 27.4 Å². The van der Waals surface area contributed by atoms with Gasteiger partial charge in [-0.3, -0.25) is 0 Å². The Kier molecular flexibility index (Phi) is 8.03. The van der Waals surface area contributed by atoms with Gasteiger partial charge < -0.3 is 18.8 Å². The van der Waals surface area contributed by atoms with Gasteiger partial charge in [0.1, 0.15) is 11.5 Å². The van der Waals surface area contributed by atoms with Gasteiger partial charge in [0.25, 0.3) is 0 Å². The van der Waals surface area contributed by atoms with E-state index in [1.807, 2.05) is 97.9 Å². The second-order valence-electron chi connectivity index (χ2n) is 9.05. The van der Waals surface area contributed by atoms with E-state index in [4.69, 9.17) is 13.9 Å². The van der Waals surface area contributed by atoms with Crippen LogP contribution in [0.15, 0.2) is 114 Å². The van der Waals surface area contributed by atoms with Crippen molar-refractivity contribution < 1.29 is 18.7 Å². The highest BCUT2D eigenvalue weighted by atomic mass is 16.5. The highest BCUT2D eigenvalue weighted by Gasteiger charge is 2.17. The van der Waals surface area contributed by atoms with Crippen molar-refractivity contribution in [2.75, 3.05) is 18.6 Å². The largest absolute Gasteiger partial charge is 0.493 e. The van der Waals surface area contributed by atoms with Crippen molar-refractivity contribution in [2.45, 2.75) is 19.9 Å². The van der Waals surface area contributed by atoms with Crippen molar-refractivity contribution in [1.29, 1.82) is 0 Å². The molecular formula is C33H30N2O4. The lowest BCUT2D eigenvalue weighted by Crippen LogP contribution is -2.19. The van der Waals surface area contributed by atoms with Crippen LogP contribution < -0.4 is 9.64 Å². The summed E-state index contributed by atoms with van der Waals surface area (Å²) in [6.07, 6.45) is 0.643. The van der Waals surface area contributed by atoms with Gasteiger partial charge in [0.05, 0.1) is 25.0 Å². The lowest BCUT2D eigenvalue weighted by molar-refractivity contribution is 0.0599. The summed E-state index contributed by atoms with van der Waals surface area (Å²) in [4.78, 5) is 19.2. The number of esters is 1. The molecule has 0 N–H and O–H groups in total. The number of carbonyl (C=O) groups excluding carboxylic acids is 1. The normalized spacial score (nSPS) is 10.7. The zero-order chi connectivity index (χ0) is 27.0. The molecule has 0 unspecified atom stereocenters. The third-order valence-corrected chi connectivity index (χ3v) is 6.49. The highest BCUT2D eigenvalue weighted by molar-refractivity contribution is 5.91. The van der Waals surface area contributed by atoms with Gasteiger partial charge in [-0.05, 0) is 67.1 Å². The average molecular weight is 519 g/mol. The van der Waals surface area contributed by atoms with Crippen LogP contribution in [0.2, 0.25) is 0 Å². The van der Waals surface area contributed by atoms with Gasteiger partial charge >= 0.3 is 5.97 Å². The van der Waals surface area contributed by atoms with Crippen LogP contribution in [0, 0.1) is 6.92 Å². The Hall–Kier alpha value is -4.84. The second-order valence-corrected chi connectivity index (χ2v) is 9.05. The number of para-hydroxylation sites is 1. The molecule has 0 aliphatic carbocycles. The molecule has 4 aromatic carbocycles. The fourth-order valence-corrected chi connectivity index (χ4v) is 4.43. The Bertz CT molecular complexity index is 1510. The quantitative estimate of drug-likeness (QED) is 0.180. The molecule has 0 atom stereocenters. The van der Waals surface area contributed by atoms with Crippen LogP contribution in [0.4, 0.5) is 11.4 Å². The summed E-state index contributed by atoms with van der Waals surface area (Å²) in [6.45, 7) is 2.92. The first-order valence-electron chi connectivity index (χ1n) is 12.9. The summed E-state index contributed by atoms with van der Waals surface area (Å²) in [5.74, 6) is 1.85. The zero-order valence-electron chi connectivity index (χ0n) is 22.0. The first kappa shape index (κ1) is 25.8. The Morgan fingerprint density at radius 3 is 2.18 bits per heavy atom. The number of nitrogens with zero attached hydrogens (tertiary/aromatic N) is 2. The molecule has 0 spiro atoms. The Labute approximate surface area is 228 Å². The van der Waals surface area contributed by atoms with Gasteiger partial charge in [-0.1, -0.05) is 54.6 Å². The van der Waals surface area contributed by atoms with E-state index in [1.165, 1.54) is 7.11 Å². The van der Waals surface area contributed by atoms with Crippen LogP contribution in [0.5, 0.6) is 5.75 Å². The molecule has 1 heterocycles. The van der Waals surface area contributed by atoms with Crippen LogP contribution in [0.3, 0.4) is 0 Å². The lowest BCUT2D eigenvalue weighted by atomic mass is 10.1. The van der Waals surface area contributed by atoms with E-state index in [2.05, 4.69) is 22.0 Å². The molecule has 5 rings (SSSR count). The van der Waals surface area contributed by atoms with Crippen LogP contribution in [-0.2, 0) is 17.7 Å². The number of aromatic nitrogens is 1. The third kappa shape index (κ3) is 6.18. The minimum Gasteiger partial charge on any atom is -0.493 e. The predicted octanol–water partition coefficient (Wildman–Crippen LogP) is 7.40. The molecule has 0 radical (unpaired) electrons. The van der Waals surface area contributed by atoms with Crippen LogP contribution >= 0.6 is 0 Å². The summed E-state index contributed by atoms with van der Waals surface area (Å²) in [6, 6.07) is 35.5. The van der Waals surface area contributed by atoms with Gasteiger partial charge in [-0.15, -0.1) is 0 Å². The van der Waals surface area contributed by atoms with E-state index in [9.17, 15) is 4.79 Å². The first-order chi connectivity index (χ1) is 19.1. The fraction of sp³-hybridized carbons (Fsp3) is 0.152. The number of hydrogen-bond acceptors (Lipinski definition) is 6. The lowest BCUT2D eigenvalue weighted by Gasteiger charge is -2.26. The number of benzene rings is 4. The number of anilines is 2. The molecule has 6 nitrogen and oxygen atoms in total. The second kappa shape index (κ2) is 12.1. The van der Waals surface area contributed by atoms with Crippen molar-refractivity contribution in [2.24, 2.45) is 0 Å². The molecule has 39 heavy (non-hydrogen) atoms. The van der Waals surface area contributed by atoms with Crippen molar-refractivity contribution >= 4 is 17.3 Å². The molecule has 5 aromatic rings. The maximum absolute atomic E-state index is 12.4. The van der Waals surface area contributed by atoms with Crippen LogP contribution in [0.25, 0.3) is 11.5 Å². The van der Waals surface area contributed by atoms with Crippen molar-refractivity contribution in [3.05, 3.63) is 132 Å². The highest BCUT2D eigenvalue weighted by Crippen LogP contribution is 2.30. The molecule has 0 saturated heterocycles. The molecule has 0 aliphatic heterocycles. The smallest absolute Gasteiger partial charge is 0.338 e. The zero-order valence-corrected chi connectivity index (χ0v) is 22.0. The van der Waals surface area contributed by atoms with E-state index in [0.717, 1.165) is 39.7 Å². The number of aryl methyl sites for hydroxylation is 1. The van der Waals surface area contributed by atoms with E-state index < -0.39 is 0 Å². The number of oxazole rings is 1. The molecule has 0 aliphatic rings. The number of hydrogen-bond donors (Lipinski definition) is 0.